The molecule has 3 rings (SSSR count). The Balaban J connectivity index is 1.67. The molecule has 124 valence electrons. The molecule has 2 aromatic carbocycles. The predicted molar refractivity (Wildman–Crippen MR) is 92.7 cm³/mol. The number of fused-ring (bicyclic) bond motifs is 1. The molecule has 0 N–H and O–H groups in total. The molecule has 0 bridgehead atoms. The van der Waals surface area contributed by atoms with E-state index in [2.05, 4.69) is 0 Å². The summed E-state index contributed by atoms with van der Waals surface area (Å²) in [7, 11) is 0. The third-order valence-corrected chi connectivity index (χ3v) is 3.85. The van der Waals surface area contributed by atoms with E-state index in [1.165, 1.54) is 4.57 Å². The Labute approximate surface area is 139 Å². The second-order valence-corrected chi connectivity index (χ2v) is 5.70. The van der Waals surface area contributed by atoms with Crippen LogP contribution in [-0.4, -0.2) is 11.2 Å². The molecule has 5 nitrogen and oxygen atoms in total. The summed E-state index contributed by atoms with van der Waals surface area (Å²) in [6, 6.07) is 15.0. The van der Waals surface area contributed by atoms with Gasteiger partial charge in [0, 0.05) is 6.54 Å². The molecule has 0 saturated heterocycles. The summed E-state index contributed by atoms with van der Waals surface area (Å²) >= 11 is 0. The van der Waals surface area contributed by atoms with Gasteiger partial charge in [0.15, 0.2) is 0 Å². The zero-order valence-electron chi connectivity index (χ0n) is 13.5. The van der Waals surface area contributed by atoms with Crippen LogP contribution in [0.2, 0.25) is 0 Å². The van der Waals surface area contributed by atoms with Gasteiger partial charge in [0.25, 0.3) is 0 Å². The van der Waals surface area contributed by atoms with Crippen molar-refractivity contribution in [3.05, 3.63) is 75.1 Å². The molecule has 1 heterocycles. The van der Waals surface area contributed by atoms with Gasteiger partial charge in [-0.15, -0.1) is 0 Å². The zero-order chi connectivity index (χ0) is 16.9. The Kier molecular flexibility index (Phi) is 4.79. The average molecular weight is 325 g/mol. The summed E-state index contributed by atoms with van der Waals surface area (Å²) in [4.78, 5) is 23.8. The van der Waals surface area contributed by atoms with E-state index in [1.54, 1.807) is 12.1 Å². The van der Waals surface area contributed by atoms with Crippen LogP contribution in [0.4, 0.5) is 0 Å². The van der Waals surface area contributed by atoms with Gasteiger partial charge in [0.2, 0.25) is 0 Å². The lowest BCUT2D eigenvalue weighted by molar-refractivity contribution is 0.301. The number of aryl methyl sites for hydroxylation is 2. The molecule has 0 radical (unpaired) electrons. The molecule has 0 saturated carbocycles. The number of benzene rings is 2. The molecule has 0 aliphatic carbocycles. The molecular weight excluding hydrogens is 306 g/mol. The maximum absolute atomic E-state index is 12.0. The quantitative estimate of drug-likeness (QED) is 0.653. The lowest BCUT2D eigenvalue weighted by Gasteiger charge is -2.09. The van der Waals surface area contributed by atoms with Crippen LogP contribution in [-0.2, 0) is 6.54 Å². The van der Waals surface area contributed by atoms with E-state index in [-0.39, 0.29) is 0 Å². The average Bonchev–Trinajstić information content (AvgIpc) is 2.58. The molecule has 0 atom stereocenters. The highest BCUT2D eigenvalue weighted by Crippen LogP contribution is 2.12. The first-order valence-electron chi connectivity index (χ1n) is 7.97. The molecule has 24 heavy (non-hydrogen) atoms. The molecule has 0 aliphatic rings. The van der Waals surface area contributed by atoms with Crippen LogP contribution in [0, 0.1) is 6.92 Å². The highest BCUT2D eigenvalue weighted by atomic mass is 16.5. The molecule has 5 heteroatoms. The predicted octanol–water partition coefficient (Wildman–Crippen LogP) is 3.12. The summed E-state index contributed by atoms with van der Waals surface area (Å²) in [5, 5.41) is 0.440. The Bertz CT molecular complexity index is 941. The van der Waals surface area contributed by atoms with Crippen molar-refractivity contribution < 1.29 is 9.15 Å². The lowest BCUT2D eigenvalue weighted by atomic mass is 10.1. The maximum Gasteiger partial charge on any atom is 0.422 e. The molecule has 3 aromatic rings. The Hall–Kier alpha value is -2.82. The van der Waals surface area contributed by atoms with Crippen molar-refractivity contribution >= 4 is 10.9 Å². The summed E-state index contributed by atoms with van der Waals surface area (Å²) in [5.74, 6) is 0.224. The molecule has 0 fully saturated rings. The number of rotatable bonds is 6. The fraction of sp³-hybridized carbons (Fsp3) is 0.263. The third-order valence-electron chi connectivity index (χ3n) is 3.85. The fourth-order valence-corrected chi connectivity index (χ4v) is 2.63. The number of para-hydroxylation sites is 1. The van der Waals surface area contributed by atoms with Gasteiger partial charge in [0.05, 0.1) is 17.5 Å². The van der Waals surface area contributed by atoms with Crippen LogP contribution in [0.5, 0.6) is 5.75 Å². The van der Waals surface area contributed by atoms with Gasteiger partial charge in [-0.3, -0.25) is 4.57 Å². The van der Waals surface area contributed by atoms with Gasteiger partial charge in [-0.1, -0.05) is 29.8 Å². The van der Waals surface area contributed by atoms with Gasteiger partial charge < -0.3 is 9.15 Å². The minimum absolute atomic E-state index is 0.440. The summed E-state index contributed by atoms with van der Waals surface area (Å²) in [5.41, 5.74) is 0.990. The second-order valence-electron chi connectivity index (χ2n) is 5.70. The molecule has 0 spiro atoms. The van der Waals surface area contributed by atoms with Crippen molar-refractivity contribution in [2.24, 2.45) is 0 Å². The fourth-order valence-electron chi connectivity index (χ4n) is 2.63. The number of hydrogen-bond acceptors (Lipinski definition) is 4. The van der Waals surface area contributed by atoms with Crippen molar-refractivity contribution in [2.45, 2.75) is 26.3 Å². The van der Waals surface area contributed by atoms with E-state index in [0.29, 0.717) is 24.1 Å². The third kappa shape index (κ3) is 3.56. The minimum atomic E-state index is -0.611. The van der Waals surface area contributed by atoms with Crippen molar-refractivity contribution in [1.29, 1.82) is 0 Å². The first kappa shape index (κ1) is 16.1. The largest absolute Gasteiger partial charge is 0.494 e. The van der Waals surface area contributed by atoms with E-state index in [4.69, 9.17) is 9.15 Å². The zero-order valence-corrected chi connectivity index (χ0v) is 13.5. The van der Waals surface area contributed by atoms with E-state index < -0.39 is 11.4 Å². The normalized spacial score (nSPS) is 10.9. The van der Waals surface area contributed by atoms with Crippen LogP contribution >= 0.6 is 0 Å². The van der Waals surface area contributed by atoms with E-state index in [1.807, 2.05) is 43.3 Å². The SMILES string of the molecule is Cc1ccc2c(c1)c(=O)oc(=O)n2CCCCOc1ccccc1. The smallest absolute Gasteiger partial charge is 0.422 e. The summed E-state index contributed by atoms with van der Waals surface area (Å²) in [6.07, 6.45) is 1.55. The van der Waals surface area contributed by atoms with Gasteiger partial charge >= 0.3 is 11.4 Å². The minimum Gasteiger partial charge on any atom is -0.494 e. The van der Waals surface area contributed by atoms with E-state index in [9.17, 15) is 9.59 Å². The van der Waals surface area contributed by atoms with Crippen LogP contribution in [0.1, 0.15) is 18.4 Å². The maximum atomic E-state index is 12.0. The van der Waals surface area contributed by atoms with Gasteiger partial charge in [0.1, 0.15) is 5.75 Å². The first-order valence-corrected chi connectivity index (χ1v) is 7.97. The van der Waals surface area contributed by atoms with Crippen LogP contribution in [0.25, 0.3) is 10.9 Å². The van der Waals surface area contributed by atoms with Crippen molar-refractivity contribution in [3.8, 4) is 5.75 Å². The Morgan fingerprint density at radius 3 is 2.62 bits per heavy atom. The van der Waals surface area contributed by atoms with Crippen LogP contribution < -0.4 is 16.1 Å². The van der Waals surface area contributed by atoms with E-state index in [0.717, 1.165) is 24.2 Å². The topological polar surface area (TPSA) is 61.4 Å². The lowest BCUT2D eigenvalue weighted by Crippen LogP contribution is -2.25. The number of hydrogen-bond donors (Lipinski definition) is 0. The Morgan fingerprint density at radius 1 is 1.04 bits per heavy atom. The van der Waals surface area contributed by atoms with E-state index >= 15 is 0 Å². The van der Waals surface area contributed by atoms with Gasteiger partial charge in [-0.2, -0.15) is 0 Å². The summed E-state index contributed by atoms with van der Waals surface area (Å²) < 4.78 is 12.0. The highest BCUT2D eigenvalue weighted by molar-refractivity contribution is 5.78. The highest BCUT2D eigenvalue weighted by Gasteiger charge is 2.09. The van der Waals surface area contributed by atoms with Gasteiger partial charge in [-0.25, -0.2) is 9.59 Å². The van der Waals surface area contributed by atoms with Gasteiger partial charge in [-0.05, 0) is 44.0 Å². The molecular formula is C19H19NO4. The van der Waals surface area contributed by atoms with Crippen molar-refractivity contribution in [2.75, 3.05) is 6.61 Å². The van der Waals surface area contributed by atoms with Crippen molar-refractivity contribution in [1.82, 2.24) is 4.57 Å². The molecule has 1 aromatic heterocycles. The molecule has 0 amide bonds. The van der Waals surface area contributed by atoms with Crippen LogP contribution in [0.15, 0.2) is 62.5 Å². The number of nitrogens with zero attached hydrogens (tertiary/aromatic N) is 1. The first-order chi connectivity index (χ1) is 11.6. The number of aromatic nitrogens is 1. The molecule has 0 aliphatic heterocycles. The monoisotopic (exact) mass is 325 g/mol. The van der Waals surface area contributed by atoms with Crippen molar-refractivity contribution in [3.63, 3.8) is 0 Å². The Morgan fingerprint density at radius 2 is 1.83 bits per heavy atom. The second kappa shape index (κ2) is 7.17. The number of ether oxygens (including phenoxy) is 1. The van der Waals surface area contributed by atoms with Crippen LogP contribution in [0.3, 0.4) is 0 Å². The molecule has 0 unspecified atom stereocenters. The standard InChI is InChI=1S/C19H19NO4/c1-14-9-10-17-16(13-14)18(21)24-19(22)20(17)11-5-6-12-23-15-7-3-2-4-8-15/h2-4,7-10,13H,5-6,11-12H2,1H3. The number of unbranched alkanes of at least 4 members (excludes halogenated alkanes) is 1. The summed E-state index contributed by atoms with van der Waals surface area (Å²) in [6.45, 7) is 2.96.